The standard InChI is InChI=1S/C9H6F4N2.C2H6/c1-4-14-6-3-2-5(10)7(8(6)15-4)9(11,12)13;1-2/h2-3H,1H3,(H,14,15);1-2H3. The van der Waals surface area contributed by atoms with Crippen molar-refractivity contribution < 1.29 is 17.6 Å². The van der Waals surface area contributed by atoms with Gasteiger partial charge >= 0.3 is 6.18 Å². The van der Waals surface area contributed by atoms with E-state index in [1.165, 1.54) is 13.0 Å². The van der Waals surface area contributed by atoms with E-state index in [0.717, 1.165) is 6.07 Å². The van der Waals surface area contributed by atoms with Gasteiger partial charge in [0.25, 0.3) is 0 Å². The molecule has 0 saturated carbocycles. The Morgan fingerprint density at radius 2 is 1.76 bits per heavy atom. The number of fused-ring (bicyclic) bond motifs is 1. The topological polar surface area (TPSA) is 28.7 Å². The van der Waals surface area contributed by atoms with E-state index in [9.17, 15) is 17.6 Å². The Hall–Kier alpha value is -1.59. The van der Waals surface area contributed by atoms with E-state index in [4.69, 9.17) is 0 Å². The Balaban J connectivity index is 0.000000686. The highest BCUT2D eigenvalue weighted by atomic mass is 19.4. The van der Waals surface area contributed by atoms with Gasteiger partial charge in [-0.15, -0.1) is 0 Å². The Kier molecular flexibility index (Phi) is 3.75. The lowest BCUT2D eigenvalue weighted by Crippen LogP contribution is -2.09. The second-order valence-corrected chi connectivity index (χ2v) is 3.14. The van der Waals surface area contributed by atoms with Crippen LogP contribution in [0.2, 0.25) is 0 Å². The maximum Gasteiger partial charge on any atom is 0.421 e. The van der Waals surface area contributed by atoms with Crippen molar-refractivity contribution in [3.8, 4) is 0 Å². The van der Waals surface area contributed by atoms with Gasteiger partial charge in [-0.3, -0.25) is 0 Å². The number of rotatable bonds is 0. The van der Waals surface area contributed by atoms with Crippen LogP contribution in [0.4, 0.5) is 17.6 Å². The summed E-state index contributed by atoms with van der Waals surface area (Å²) in [6, 6.07) is 2.02. The van der Waals surface area contributed by atoms with E-state index in [0.29, 0.717) is 5.82 Å². The van der Waals surface area contributed by atoms with Crippen molar-refractivity contribution in [1.82, 2.24) is 9.97 Å². The molecule has 0 atom stereocenters. The zero-order valence-electron chi connectivity index (χ0n) is 9.61. The number of aromatic amines is 1. The largest absolute Gasteiger partial charge is 0.421 e. The van der Waals surface area contributed by atoms with Gasteiger partial charge < -0.3 is 4.98 Å². The first-order valence-electron chi connectivity index (χ1n) is 5.11. The van der Waals surface area contributed by atoms with Crippen LogP contribution >= 0.6 is 0 Å². The smallest absolute Gasteiger partial charge is 0.342 e. The SMILES string of the molecule is CC.Cc1nc2c(C(F)(F)F)c(F)ccc2[nH]1. The van der Waals surface area contributed by atoms with Crippen molar-refractivity contribution in [1.29, 1.82) is 0 Å². The maximum atomic E-state index is 13.1. The molecule has 94 valence electrons. The average Bonchev–Trinajstić information content (AvgIpc) is 2.58. The number of alkyl halides is 3. The molecule has 0 bridgehead atoms. The molecule has 1 heterocycles. The quantitative estimate of drug-likeness (QED) is 0.700. The third-order valence-electron chi connectivity index (χ3n) is 2.01. The van der Waals surface area contributed by atoms with Crippen LogP contribution in [0.1, 0.15) is 25.2 Å². The fourth-order valence-corrected chi connectivity index (χ4v) is 1.44. The molecule has 0 spiro atoms. The van der Waals surface area contributed by atoms with Crippen molar-refractivity contribution in [3.05, 3.63) is 29.3 Å². The highest BCUT2D eigenvalue weighted by Gasteiger charge is 2.37. The molecule has 2 nitrogen and oxygen atoms in total. The highest BCUT2D eigenvalue weighted by Crippen LogP contribution is 2.35. The lowest BCUT2D eigenvalue weighted by atomic mass is 10.1. The molecule has 1 N–H and O–H groups in total. The minimum Gasteiger partial charge on any atom is -0.342 e. The summed E-state index contributed by atoms with van der Waals surface area (Å²) in [5.41, 5.74) is -1.51. The normalized spacial score (nSPS) is 11.2. The number of nitrogens with zero attached hydrogens (tertiary/aromatic N) is 1. The van der Waals surface area contributed by atoms with Crippen LogP contribution in [0.25, 0.3) is 11.0 Å². The molecular formula is C11H12F4N2. The van der Waals surface area contributed by atoms with E-state index in [2.05, 4.69) is 9.97 Å². The monoisotopic (exact) mass is 248 g/mol. The molecule has 2 aromatic rings. The fraction of sp³-hybridized carbons (Fsp3) is 0.364. The maximum absolute atomic E-state index is 13.1. The van der Waals surface area contributed by atoms with Crippen LogP contribution in [0.15, 0.2) is 12.1 Å². The molecule has 0 aliphatic carbocycles. The number of nitrogens with one attached hydrogen (secondary N) is 1. The summed E-state index contributed by atoms with van der Waals surface area (Å²) in [7, 11) is 0. The van der Waals surface area contributed by atoms with Gasteiger partial charge in [-0.1, -0.05) is 13.8 Å². The van der Waals surface area contributed by atoms with Gasteiger partial charge in [0.2, 0.25) is 0 Å². The first-order chi connectivity index (χ1) is 7.89. The van der Waals surface area contributed by atoms with E-state index >= 15 is 0 Å². The summed E-state index contributed by atoms with van der Waals surface area (Å²) in [5, 5.41) is 0. The number of aromatic nitrogens is 2. The summed E-state index contributed by atoms with van der Waals surface area (Å²) in [6.45, 7) is 5.51. The molecule has 0 aliphatic heterocycles. The first-order valence-corrected chi connectivity index (χ1v) is 5.11. The number of benzene rings is 1. The van der Waals surface area contributed by atoms with Crippen LogP contribution < -0.4 is 0 Å². The molecule has 0 radical (unpaired) electrons. The van der Waals surface area contributed by atoms with E-state index < -0.39 is 17.6 Å². The van der Waals surface area contributed by atoms with E-state index in [1.54, 1.807) is 0 Å². The molecule has 0 aliphatic rings. The molecule has 1 aromatic carbocycles. The van der Waals surface area contributed by atoms with Crippen molar-refractivity contribution >= 4 is 11.0 Å². The predicted molar refractivity (Wildman–Crippen MR) is 57.1 cm³/mol. The molecule has 1 aromatic heterocycles. The second kappa shape index (κ2) is 4.73. The Morgan fingerprint density at radius 1 is 1.18 bits per heavy atom. The number of hydrogen-bond acceptors (Lipinski definition) is 1. The predicted octanol–water partition coefficient (Wildman–Crippen LogP) is 4.06. The van der Waals surface area contributed by atoms with Gasteiger partial charge in [-0.25, -0.2) is 9.37 Å². The summed E-state index contributed by atoms with van der Waals surface area (Å²) in [6.07, 6.45) is -4.73. The Labute approximate surface area is 95.7 Å². The van der Waals surface area contributed by atoms with Gasteiger partial charge in [0.05, 0.1) is 5.52 Å². The number of aryl methyl sites for hydroxylation is 1. The van der Waals surface area contributed by atoms with Gasteiger partial charge in [0, 0.05) is 0 Å². The number of hydrogen-bond donors (Lipinski definition) is 1. The Bertz CT molecular complexity index is 514. The lowest BCUT2D eigenvalue weighted by Gasteiger charge is -2.07. The Morgan fingerprint density at radius 3 is 2.29 bits per heavy atom. The van der Waals surface area contributed by atoms with Crippen LogP contribution in [-0.2, 0) is 6.18 Å². The van der Waals surface area contributed by atoms with E-state index in [1.807, 2.05) is 13.8 Å². The van der Waals surface area contributed by atoms with Crippen molar-refractivity contribution in [2.45, 2.75) is 26.9 Å². The van der Waals surface area contributed by atoms with Crippen LogP contribution in [0.5, 0.6) is 0 Å². The summed E-state index contributed by atoms with van der Waals surface area (Å²) in [4.78, 5) is 6.25. The lowest BCUT2D eigenvalue weighted by molar-refractivity contribution is -0.138. The molecule has 0 amide bonds. The number of halogens is 4. The van der Waals surface area contributed by atoms with Crippen molar-refractivity contribution in [3.63, 3.8) is 0 Å². The fourth-order valence-electron chi connectivity index (χ4n) is 1.44. The van der Waals surface area contributed by atoms with E-state index in [-0.39, 0.29) is 11.0 Å². The second-order valence-electron chi connectivity index (χ2n) is 3.14. The zero-order chi connectivity index (χ0) is 13.2. The number of H-pyrrole nitrogens is 1. The van der Waals surface area contributed by atoms with Crippen molar-refractivity contribution in [2.75, 3.05) is 0 Å². The minimum atomic E-state index is -4.73. The molecule has 2 rings (SSSR count). The molecule has 0 unspecified atom stereocenters. The molecule has 0 saturated heterocycles. The van der Waals surface area contributed by atoms with Crippen LogP contribution in [0, 0.1) is 12.7 Å². The zero-order valence-corrected chi connectivity index (χ0v) is 9.61. The summed E-state index contributed by atoms with van der Waals surface area (Å²) < 4.78 is 50.5. The van der Waals surface area contributed by atoms with Crippen LogP contribution in [0.3, 0.4) is 0 Å². The van der Waals surface area contributed by atoms with Gasteiger partial charge in [-0.2, -0.15) is 13.2 Å². The minimum absolute atomic E-state index is 0.182. The van der Waals surface area contributed by atoms with Crippen LogP contribution in [-0.4, -0.2) is 9.97 Å². The molecule has 17 heavy (non-hydrogen) atoms. The third-order valence-corrected chi connectivity index (χ3v) is 2.01. The highest BCUT2D eigenvalue weighted by molar-refractivity contribution is 5.79. The van der Waals surface area contributed by atoms with Gasteiger partial charge in [-0.05, 0) is 19.1 Å². The van der Waals surface area contributed by atoms with Crippen molar-refractivity contribution in [2.24, 2.45) is 0 Å². The molecule has 0 fully saturated rings. The third kappa shape index (κ3) is 2.57. The number of imidazole rings is 1. The summed E-state index contributed by atoms with van der Waals surface area (Å²) in [5.74, 6) is -0.984. The van der Waals surface area contributed by atoms with Gasteiger partial charge in [0.15, 0.2) is 0 Å². The summed E-state index contributed by atoms with van der Waals surface area (Å²) >= 11 is 0. The van der Waals surface area contributed by atoms with Gasteiger partial charge in [0.1, 0.15) is 22.7 Å². The molecular weight excluding hydrogens is 236 g/mol. The molecule has 6 heteroatoms. The first kappa shape index (κ1) is 13.5. The average molecular weight is 248 g/mol.